The van der Waals surface area contributed by atoms with E-state index in [-0.39, 0.29) is 11.8 Å². The number of hydrogen-bond donors (Lipinski definition) is 0. The zero-order valence-electron chi connectivity index (χ0n) is 21.4. The van der Waals surface area contributed by atoms with Crippen LogP contribution in [-0.4, -0.2) is 55.0 Å². The highest BCUT2D eigenvalue weighted by Gasteiger charge is 2.35. The van der Waals surface area contributed by atoms with Crippen molar-refractivity contribution in [3.8, 4) is 11.5 Å². The van der Waals surface area contributed by atoms with Gasteiger partial charge in [0.15, 0.2) is 5.78 Å². The van der Waals surface area contributed by atoms with Crippen LogP contribution >= 0.6 is 0 Å². The SMILES string of the molecule is COc1cccc(CN2C[C@H](C)N([C@H](c3cccc(OC)c3)c3cccc(C(C)=O)c3)C[C@H]2C)c1. The highest BCUT2D eigenvalue weighted by atomic mass is 16.5. The molecule has 4 rings (SSSR count). The fraction of sp³-hybridized carbons (Fsp3) is 0.367. The number of piperazine rings is 1. The summed E-state index contributed by atoms with van der Waals surface area (Å²) in [6, 6.07) is 25.4. The average Bonchev–Trinajstić information content (AvgIpc) is 2.87. The predicted molar refractivity (Wildman–Crippen MR) is 140 cm³/mol. The van der Waals surface area contributed by atoms with Crippen molar-refractivity contribution < 1.29 is 14.3 Å². The Morgan fingerprint density at radius 3 is 2.17 bits per heavy atom. The fourth-order valence-corrected chi connectivity index (χ4v) is 5.13. The van der Waals surface area contributed by atoms with E-state index in [4.69, 9.17) is 9.47 Å². The highest BCUT2D eigenvalue weighted by molar-refractivity contribution is 5.94. The van der Waals surface area contributed by atoms with Crippen molar-refractivity contribution in [2.24, 2.45) is 0 Å². The molecule has 3 atom stereocenters. The molecule has 3 aromatic carbocycles. The molecule has 1 aliphatic rings. The first-order chi connectivity index (χ1) is 16.9. The standard InChI is InChI=1S/C30H36N2O3/c1-21-19-32(22(2)18-31(21)20-24-9-6-13-28(15-24)34-4)30(27-12-8-14-29(17-27)35-5)26-11-7-10-25(16-26)23(3)33/h6-17,21-22,30H,18-20H2,1-5H3/t21-,22+,30+/m1/s1. The Morgan fingerprint density at radius 2 is 1.49 bits per heavy atom. The zero-order valence-corrected chi connectivity index (χ0v) is 21.4. The van der Waals surface area contributed by atoms with Crippen molar-refractivity contribution in [1.82, 2.24) is 9.80 Å². The van der Waals surface area contributed by atoms with Crippen LogP contribution in [0.4, 0.5) is 0 Å². The van der Waals surface area contributed by atoms with E-state index in [0.29, 0.717) is 12.1 Å². The summed E-state index contributed by atoms with van der Waals surface area (Å²) in [5.41, 5.74) is 4.31. The smallest absolute Gasteiger partial charge is 0.159 e. The molecule has 0 aromatic heterocycles. The second-order valence-corrected chi connectivity index (χ2v) is 9.54. The maximum absolute atomic E-state index is 12.2. The third kappa shape index (κ3) is 5.75. The Hall–Kier alpha value is -3.15. The van der Waals surface area contributed by atoms with Gasteiger partial charge in [0.1, 0.15) is 11.5 Å². The van der Waals surface area contributed by atoms with Crippen molar-refractivity contribution in [2.45, 2.75) is 45.4 Å². The van der Waals surface area contributed by atoms with Gasteiger partial charge in [-0.2, -0.15) is 0 Å². The summed E-state index contributed by atoms with van der Waals surface area (Å²) in [6.07, 6.45) is 0. The van der Waals surface area contributed by atoms with E-state index in [1.807, 2.05) is 36.4 Å². The van der Waals surface area contributed by atoms with Gasteiger partial charge >= 0.3 is 0 Å². The second kappa shape index (κ2) is 11.1. The third-order valence-electron chi connectivity index (χ3n) is 7.03. The number of ether oxygens (including phenoxy) is 2. The van der Waals surface area contributed by atoms with Crippen molar-refractivity contribution in [2.75, 3.05) is 27.3 Å². The number of rotatable bonds is 8. The van der Waals surface area contributed by atoms with Gasteiger partial charge in [0.2, 0.25) is 0 Å². The van der Waals surface area contributed by atoms with Crippen LogP contribution in [0.1, 0.15) is 53.9 Å². The van der Waals surface area contributed by atoms with Gasteiger partial charge < -0.3 is 9.47 Å². The molecule has 1 heterocycles. The van der Waals surface area contributed by atoms with Gasteiger partial charge in [-0.15, -0.1) is 0 Å². The Balaban J connectivity index is 1.65. The van der Waals surface area contributed by atoms with Crippen molar-refractivity contribution >= 4 is 5.78 Å². The van der Waals surface area contributed by atoms with Crippen LogP contribution < -0.4 is 9.47 Å². The zero-order chi connectivity index (χ0) is 24.9. The van der Waals surface area contributed by atoms with Crippen LogP contribution in [0.15, 0.2) is 72.8 Å². The van der Waals surface area contributed by atoms with Crippen LogP contribution in [0.2, 0.25) is 0 Å². The molecular formula is C30H36N2O3. The molecule has 3 aromatic rings. The molecule has 0 spiro atoms. The van der Waals surface area contributed by atoms with Crippen LogP contribution in [0.5, 0.6) is 11.5 Å². The lowest BCUT2D eigenvalue weighted by atomic mass is 9.92. The summed E-state index contributed by atoms with van der Waals surface area (Å²) in [5.74, 6) is 1.82. The number of carbonyl (C=O) groups is 1. The Kier molecular flexibility index (Phi) is 7.89. The van der Waals surface area contributed by atoms with Crippen molar-refractivity contribution in [1.29, 1.82) is 0 Å². The van der Waals surface area contributed by atoms with Crippen LogP contribution in [0, 0.1) is 0 Å². The quantitative estimate of drug-likeness (QED) is 0.400. The minimum Gasteiger partial charge on any atom is -0.497 e. The number of ketones is 1. The minimum absolute atomic E-state index is 0.0285. The van der Waals surface area contributed by atoms with E-state index in [1.54, 1.807) is 21.1 Å². The van der Waals surface area contributed by atoms with E-state index in [0.717, 1.165) is 42.3 Å². The predicted octanol–water partition coefficient (Wildman–Crippen LogP) is 5.59. The van der Waals surface area contributed by atoms with E-state index >= 15 is 0 Å². The molecule has 5 heteroatoms. The summed E-state index contributed by atoms with van der Waals surface area (Å²) >= 11 is 0. The van der Waals surface area contributed by atoms with Gasteiger partial charge in [-0.1, -0.05) is 42.5 Å². The lowest BCUT2D eigenvalue weighted by molar-refractivity contribution is 0.0194. The lowest BCUT2D eigenvalue weighted by Gasteiger charge is -2.47. The molecule has 0 bridgehead atoms. The first-order valence-corrected chi connectivity index (χ1v) is 12.3. The lowest BCUT2D eigenvalue weighted by Crippen LogP contribution is -2.56. The van der Waals surface area contributed by atoms with Gasteiger partial charge in [-0.25, -0.2) is 0 Å². The van der Waals surface area contributed by atoms with Crippen LogP contribution in [0.25, 0.3) is 0 Å². The molecule has 1 fully saturated rings. The minimum atomic E-state index is 0.0285. The van der Waals surface area contributed by atoms with Gasteiger partial charge in [0.25, 0.3) is 0 Å². The molecule has 1 aliphatic heterocycles. The molecule has 0 aliphatic carbocycles. The first kappa shape index (κ1) is 25.0. The third-order valence-corrected chi connectivity index (χ3v) is 7.03. The van der Waals surface area contributed by atoms with Crippen LogP contribution in [0.3, 0.4) is 0 Å². The number of carbonyl (C=O) groups excluding carboxylic acids is 1. The van der Waals surface area contributed by atoms with Crippen molar-refractivity contribution in [3.63, 3.8) is 0 Å². The topological polar surface area (TPSA) is 42.0 Å². The largest absolute Gasteiger partial charge is 0.497 e. The normalized spacial score (nSPS) is 19.8. The van der Waals surface area contributed by atoms with Gasteiger partial charge in [0, 0.05) is 37.3 Å². The van der Waals surface area contributed by atoms with E-state index in [9.17, 15) is 4.79 Å². The summed E-state index contributed by atoms with van der Waals surface area (Å²) in [4.78, 5) is 17.3. The summed E-state index contributed by atoms with van der Waals surface area (Å²) in [6.45, 7) is 8.98. The Bertz CT molecular complexity index is 1160. The number of nitrogens with zero attached hydrogens (tertiary/aromatic N) is 2. The summed E-state index contributed by atoms with van der Waals surface area (Å²) in [7, 11) is 3.41. The van der Waals surface area contributed by atoms with Crippen LogP contribution in [-0.2, 0) is 6.54 Å². The maximum atomic E-state index is 12.2. The molecule has 0 N–H and O–H groups in total. The number of methoxy groups -OCH3 is 2. The second-order valence-electron chi connectivity index (χ2n) is 9.54. The summed E-state index contributed by atoms with van der Waals surface area (Å²) in [5, 5.41) is 0. The van der Waals surface area contributed by atoms with Gasteiger partial charge in [0.05, 0.1) is 20.3 Å². The number of benzene rings is 3. The molecule has 184 valence electrons. The monoisotopic (exact) mass is 472 g/mol. The fourth-order valence-electron chi connectivity index (χ4n) is 5.13. The molecule has 35 heavy (non-hydrogen) atoms. The molecule has 0 amide bonds. The van der Waals surface area contributed by atoms with E-state index in [1.165, 1.54) is 11.1 Å². The Labute approximate surface area is 209 Å². The van der Waals surface area contributed by atoms with Crippen molar-refractivity contribution in [3.05, 3.63) is 95.1 Å². The average molecular weight is 473 g/mol. The molecular weight excluding hydrogens is 436 g/mol. The Morgan fingerprint density at radius 1 is 0.857 bits per heavy atom. The molecule has 0 unspecified atom stereocenters. The highest BCUT2D eigenvalue weighted by Crippen LogP contribution is 2.35. The molecule has 5 nitrogen and oxygen atoms in total. The van der Waals surface area contributed by atoms with Gasteiger partial charge in [-0.05, 0) is 67.8 Å². The molecule has 0 radical (unpaired) electrons. The van der Waals surface area contributed by atoms with Gasteiger partial charge in [-0.3, -0.25) is 14.6 Å². The number of Topliss-reactive ketones (excluding diaryl/α,β-unsaturated/α-hetero) is 1. The molecule has 0 saturated carbocycles. The maximum Gasteiger partial charge on any atom is 0.159 e. The van der Waals surface area contributed by atoms with E-state index in [2.05, 4.69) is 60.0 Å². The van der Waals surface area contributed by atoms with E-state index < -0.39 is 0 Å². The number of hydrogen-bond acceptors (Lipinski definition) is 5. The first-order valence-electron chi connectivity index (χ1n) is 12.3. The molecule has 1 saturated heterocycles. The summed E-state index contributed by atoms with van der Waals surface area (Å²) < 4.78 is 11.0.